The summed E-state index contributed by atoms with van der Waals surface area (Å²) >= 11 is 0. The Morgan fingerprint density at radius 2 is 1.96 bits per heavy atom. The standard InChI is InChI=1S/C19H28N2O4/c1-19(2,3)18(23)20-10-8-17(22)21-15-4-6-16(7-5-15)25-13-14-9-11-24-12-14/h4-7,14H,8-13H2,1-3H3,(H,20,23)(H,21,22). The largest absolute Gasteiger partial charge is 0.493 e. The average Bonchev–Trinajstić information content (AvgIpc) is 3.06. The first-order valence-corrected chi connectivity index (χ1v) is 8.73. The summed E-state index contributed by atoms with van der Waals surface area (Å²) in [6.07, 6.45) is 1.28. The molecule has 0 bridgehead atoms. The van der Waals surface area contributed by atoms with Gasteiger partial charge < -0.3 is 20.1 Å². The monoisotopic (exact) mass is 348 g/mol. The van der Waals surface area contributed by atoms with Gasteiger partial charge in [-0.05, 0) is 30.7 Å². The van der Waals surface area contributed by atoms with Crippen LogP contribution in [0.2, 0.25) is 0 Å². The van der Waals surface area contributed by atoms with Crippen molar-refractivity contribution in [3.05, 3.63) is 24.3 Å². The van der Waals surface area contributed by atoms with Crippen LogP contribution in [0.15, 0.2) is 24.3 Å². The van der Waals surface area contributed by atoms with Gasteiger partial charge in [-0.15, -0.1) is 0 Å². The van der Waals surface area contributed by atoms with Crippen molar-refractivity contribution >= 4 is 17.5 Å². The van der Waals surface area contributed by atoms with E-state index in [0.717, 1.165) is 25.4 Å². The number of hydrogen-bond acceptors (Lipinski definition) is 4. The van der Waals surface area contributed by atoms with Gasteiger partial charge in [0.05, 0.1) is 13.2 Å². The average molecular weight is 348 g/mol. The molecule has 1 saturated heterocycles. The van der Waals surface area contributed by atoms with Gasteiger partial charge >= 0.3 is 0 Å². The van der Waals surface area contributed by atoms with Crippen LogP contribution < -0.4 is 15.4 Å². The fourth-order valence-corrected chi connectivity index (χ4v) is 2.34. The molecule has 6 heteroatoms. The molecule has 0 spiro atoms. The minimum absolute atomic E-state index is 0.0607. The summed E-state index contributed by atoms with van der Waals surface area (Å²) in [5, 5.41) is 5.57. The Labute approximate surface area is 149 Å². The highest BCUT2D eigenvalue weighted by Gasteiger charge is 2.20. The van der Waals surface area contributed by atoms with Gasteiger partial charge in [0.25, 0.3) is 0 Å². The van der Waals surface area contributed by atoms with E-state index in [9.17, 15) is 9.59 Å². The van der Waals surface area contributed by atoms with Crippen molar-refractivity contribution in [2.75, 3.05) is 31.7 Å². The zero-order valence-electron chi connectivity index (χ0n) is 15.3. The van der Waals surface area contributed by atoms with Gasteiger partial charge in [0.2, 0.25) is 11.8 Å². The number of anilines is 1. The lowest BCUT2D eigenvalue weighted by molar-refractivity contribution is -0.128. The van der Waals surface area contributed by atoms with Crippen molar-refractivity contribution in [2.45, 2.75) is 33.6 Å². The molecule has 1 aliphatic heterocycles. The Morgan fingerprint density at radius 1 is 1.24 bits per heavy atom. The van der Waals surface area contributed by atoms with Gasteiger partial charge in [0, 0.05) is 36.6 Å². The van der Waals surface area contributed by atoms with Crippen molar-refractivity contribution in [1.82, 2.24) is 5.32 Å². The highest BCUT2D eigenvalue weighted by molar-refractivity contribution is 5.91. The Morgan fingerprint density at radius 3 is 2.56 bits per heavy atom. The van der Waals surface area contributed by atoms with E-state index < -0.39 is 5.41 Å². The summed E-state index contributed by atoms with van der Waals surface area (Å²) in [5.41, 5.74) is 0.264. The molecule has 1 aromatic carbocycles. The molecule has 1 unspecified atom stereocenters. The molecular weight excluding hydrogens is 320 g/mol. The highest BCUT2D eigenvalue weighted by Crippen LogP contribution is 2.19. The molecule has 138 valence electrons. The Hall–Kier alpha value is -2.08. The fraction of sp³-hybridized carbons (Fsp3) is 0.579. The lowest BCUT2D eigenvalue weighted by atomic mass is 9.96. The molecule has 0 saturated carbocycles. The van der Waals surface area contributed by atoms with E-state index in [1.807, 2.05) is 45.0 Å². The maximum Gasteiger partial charge on any atom is 0.226 e. The first-order valence-electron chi connectivity index (χ1n) is 8.73. The third kappa shape index (κ3) is 6.74. The van der Waals surface area contributed by atoms with Gasteiger partial charge in [0.1, 0.15) is 5.75 Å². The normalized spacial score (nSPS) is 17.2. The van der Waals surface area contributed by atoms with Crippen LogP contribution >= 0.6 is 0 Å². The van der Waals surface area contributed by atoms with Crippen LogP contribution in [0.4, 0.5) is 5.69 Å². The van der Waals surface area contributed by atoms with Crippen LogP contribution in [0.3, 0.4) is 0 Å². The predicted molar refractivity (Wildman–Crippen MR) is 96.6 cm³/mol. The first-order chi connectivity index (χ1) is 11.8. The Bertz CT molecular complexity index is 572. The van der Waals surface area contributed by atoms with Crippen molar-refractivity contribution in [3.63, 3.8) is 0 Å². The number of nitrogens with one attached hydrogen (secondary N) is 2. The van der Waals surface area contributed by atoms with Gasteiger partial charge in [-0.3, -0.25) is 9.59 Å². The molecular formula is C19H28N2O4. The molecule has 1 aromatic rings. The Balaban J connectivity index is 1.69. The highest BCUT2D eigenvalue weighted by atomic mass is 16.5. The third-order valence-corrected chi connectivity index (χ3v) is 3.97. The molecule has 0 radical (unpaired) electrons. The van der Waals surface area contributed by atoms with Crippen molar-refractivity contribution in [2.24, 2.45) is 11.3 Å². The maximum atomic E-state index is 11.9. The number of carbonyl (C=O) groups is 2. The zero-order chi connectivity index (χ0) is 18.3. The van der Waals surface area contributed by atoms with E-state index >= 15 is 0 Å². The number of rotatable bonds is 7. The lowest BCUT2D eigenvalue weighted by Gasteiger charge is -2.17. The summed E-state index contributed by atoms with van der Waals surface area (Å²) in [4.78, 5) is 23.7. The van der Waals surface area contributed by atoms with E-state index in [1.54, 1.807) is 0 Å². The quantitative estimate of drug-likeness (QED) is 0.794. The molecule has 1 atom stereocenters. The maximum absolute atomic E-state index is 11.9. The van der Waals surface area contributed by atoms with Crippen LogP contribution in [-0.4, -0.2) is 38.2 Å². The number of hydrogen-bond donors (Lipinski definition) is 2. The number of benzene rings is 1. The van der Waals surface area contributed by atoms with E-state index in [1.165, 1.54) is 0 Å². The van der Waals surface area contributed by atoms with Gasteiger partial charge in [-0.1, -0.05) is 20.8 Å². The molecule has 6 nitrogen and oxygen atoms in total. The summed E-state index contributed by atoms with van der Waals surface area (Å²) in [7, 11) is 0. The van der Waals surface area contributed by atoms with E-state index in [-0.39, 0.29) is 18.2 Å². The predicted octanol–water partition coefficient (Wildman–Crippen LogP) is 2.59. The van der Waals surface area contributed by atoms with Crippen LogP contribution in [0, 0.1) is 11.3 Å². The van der Waals surface area contributed by atoms with Crippen LogP contribution in [0.1, 0.15) is 33.6 Å². The second-order valence-corrected chi connectivity index (χ2v) is 7.37. The number of carbonyl (C=O) groups excluding carboxylic acids is 2. The molecule has 1 fully saturated rings. The SMILES string of the molecule is CC(C)(C)C(=O)NCCC(=O)Nc1ccc(OCC2CCOC2)cc1. The van der Waals surface area contributed by atoms with Crippen LogP contribution in [0.25, 0.3) is 0 Å². The van der Waals surface area contributed by atoms with Crippen LogP contribution in [-0.2, 0) is 14.3 Å². The smallest absolute Gasteiger partial charge is 0.226 e. The molecule has 2 N–H and O–H groups in total. The molecule has 2 rings (SSSR count). The molecule has 0 aromatic heterocycles. The van der Waals surface area contributed by atoms with Crippen LogP contribution in [0.5, 0.6) is 5.75 Å². The summed E-state index contributed by atoms with van der Waals surface area (Å²) in [5.74, 6) is 1.05. The van der Waals surface area contributed by atoms with Crippen molar-refractivity contribution in [1.29, 1.82) is 0 Å². The second-order valence-electron chi connectivity index (χ2n) is 7.37. The first kappa shape index (κ1) is 19.2. The van der Waals surface area contributed by atoms with Gasteiger partial charge in [-0.25, -0.2) is 0 Å². The van der Waals surface area contributed by atoms with Gasteiger partial charge in [0.15, 0.2) is 0 Å². The minimum atomic E-state index is -0.447. The van der Waals surface area contributed by atoms with E-state index in [4.69, 9.17) is 9.47 Å². The zero-order valence-corrected chi connectivity index (χ0v) is 15.3. The molecule has 2 amide bonds. The van der Waals surface area contributed by atoms with E-state index in [2.05, 4.69) is 10.6 Å². The van der Waals surface area contributed by atoms with E-state index in [0.29, 0.717) is 24.8 Å². The fourth-order valence-electron chi connectivity index (χ4n) is 2.34. The lowest BCUT2D eigenvalue weighted by Crippen LogP contribution is -2.36. The minimum Gasteiger partial charge on any atom is -0.493 e. The number of ether oxygens (including phenoxy) is 2. The number of amides is 2. The third-order valence-electron chi connectivity index (χ3n) is 3.97. The summed E-state index contributed by atoms with van der Waals surface area (Å²) in [6, 6.07) is 7.30. The molecule has 25 heavy (non-hydrogen) atoms. The summed E-state index contributed by atoms with van der Waals surface area (Å²) in [6.45, 7) is 8.07. The topological polar surface area (TPSA) is 76.7 Å². The van der Waals surface area contributed by atoms with Gasteiger partial charge in [-0.2, -0.15) is 0 Å². The van der Waals surface area contributed by atoms with Crippen molar-refractivity contribution in [3.8, 4) is 5.75 Å². The molecule has 1 heterocycles. The second kappa shape index (κ2) is 8.85. The molecule has 0 aliphatic carbocycles. The molecule has 1 aliphatic rings. The van der Waals surface area contributed by atoms with Crippen molar-refractivity contribution < 1.29 is 19.1 Å². The Kier molecular flexibility index (Phi) is 6.82. The summed E-state index contributed by atoms with van der Waals surface area (Å²) < 4.78 is 11.1.